The number of aryl methyl sites for hydroxylation is 2. The second kappa shape index (κ2) is 31.0. The van der Waals surface area contributed by atoms with E-state index < -0.39 is 17.5 Å². The van der Waals surface area contributed by atoms with E-state index in [9.17, 15) is 19.2 Å². The van der Waals surface area contributed by atoms with Crippen molar-refractivity contribution in [3.8, 4) is 23.7 Å². The molecule has 0 saturated heterocycles. The number of pyridine rings is 2. The summed E-state index contributed by atoms with van der Waals surface area (Å²) >= 11 is 6.40. The number of ether oxygens (including phenoxy) is 1. The topological polar surface area (TPSA) is 154 Å². The average Bonchev–Trinajstić information content (AvgIpc) is 3.75. The number of alkyl halides is 2. The first-order chi connectivity index (χ1) is 25.9. The lowest BCUT2D eigenvalue weighted by Gasteiger charge is -2.37. The molecule has 0 aliphatic carbocycles. The number of carbonyl (C=O) groups excluding carboxylic acids is 1. The van der Waals surface area contributed by atoms with Gasteiger partial charge in [-0.05, 0) is 87.0 Å². The third-order valence-corrected chi connectivity index (χ3v) is 86.8. The number of carboxylic acids is 1. The van der Waals surface area contributed by atoms with Crippen molar-refractivity contribution in [2.75, 3.05) is 17.3 Å². The minimum absolute atomic E-state index is 0. The van der Waals surface area contributed by atoms with Crippen LogP contribution < -0.4 is 11.1 Å². The van der Waals surface area contributed by atoms with Crippen molar-refractivity contribution in [2.45, 2.75) is 27.3 Å². The molecule has 0 aromatic carbocycles. The van der Waals surface area contributed by atoms with Crippen LogP contribution in [0.5, 0.6) is 0 Å². The fourth-order valence-corrected chi connectivity index (χ4v) is 151. The van der Waals surface area contributed by atoms with Crippen LogP contribution in [0.3, 0.4) is 0 Å². The summed E-state index contributed by atoms with van der Waals surface area (Å²) in [6, 6.07) is 6.01. The first-order valence-electron chi connectivity index (χ1n) is 15.0. The van der Waals surface area contributed by atoms with E-state index >= 15 is 0 Å². The molecule has 310 valence electrons. The highest BCUT2D eigenvalue weighted by molar-refractivity contribution is 9.27. The van der Waals surface area contributed by atoms with Crippen LogP contribution in [0.1, 0.15) is 39.3 Å². The van der Waals surface area contributed by atoms with E-state index in [-0.39, 0.29) is 72.2 Å². The van der Waals surface area contributed by atoms with E-state index in [2.05, 4.69) is 131 Å². The highest BCUT2D eigenvalue weighted by Gasteiger charge is 2.32. The van der Waals surface area contributed by atoms with Gasteiger partial charge in [0.25, 0.3) is 11.1 Å². The Morgan fingerprint density at radius 3 is 1.64 bits per heavy atom. The Bertz CT molecular complexity index is 1960. The number of terminal acetylenes is 1. The maximum Gasteiger partial charge on any atom is 0.355 e. The first kappa shape index (κ1) is 58.1. The number of nitrogens with zero attached hydrogens (tertiary/aromatic N) is 5. The van der Waals surface area contributed by atoms with Crippen LogP contribution in [-0.4, -0.2) is 63.0 Å². The zero-order chi connectivity index (χ0) is 42.0. The van der Waals surface area contributed by atoms with Gasteiger partial charge in [0.15, 0.2) is 0 Å². The van der Waals surface area contributed by atoms with Gasteiger partial charge >= 0.3 is 11.9 Å². The molecule has 56 heavy (non-hydrogen) atoms. The summed E-state index contributed by atoms with van der Waals surface area (Å²) in [6.45, 7) is 6.67. The van der Waals surface area contributed by atoms with Crippen LogP contribution in [0, 0.1) is 26.2 Å². The molecule has 5 heterocycles. The molecule has 4 aromatic rings. The zero-order valence-electron chi connectivity index (χ0n) is 30.2. The number of rotatable bonds is 9. The number of aromatic nitrogens is 6. The minimum Gasteiger partial charge on any atom is -0.477 e. The molecule has 5 rings (SSSR count). The summed E-state index contributed by atoms with van der Waals surface area (Å²) in [5.41, 5.74) is 1.93. The number of aromatic carboxylic acids is 1. The lowest BCUT2D eigenvalue weighted by Crippen LogP contribution is -2.34. The number of H-pyrrole nitrogens is 1. The molecule has 0 fully saturated rings. The molecule has 8 atom stereocenters. The van der Waals surface area contributed by atoms with E-state index in [1.165, 1.54) is 23.0 Å². The first-order valence-corrected chi connectivity index (χ1v) is 41.8. The van der Waals surface area contributed by atoms with Crippen LogP contribution in [0.2, 0.25) is 0 Å². The summed E-state index contributed by atoms with van der Waals surface area (Å²) in [5.74, 6) is 0.636. The third-order valence-electron chi connectivity index (χ3n) is 6.07. The fourth-order valence-electron chi connectivity index (χ4n) is 3.98. The molecule has 0 radical (unpaired) electrons. The molecular formula is C27H45Br2ClN6O6P14. The number of cyclic esters (lactones) is 1. The molecule has 2 N–H and O–H groups in total. The normalized spacial score (nSPS) is 11.5. The molecule has 1 aliphatic heterocycles. The summed E-state index contributed by atoms with van der Waals surface area (Å²) in [5, 5.41) is 10.8. The van der Waals surface area contributed by atoms with Crippen LogP contribution in [0.4, 0.5) is 0 Å². The second-order valence-electron chi connectivity index (χ2n) is 10.2. The molecule has 29 heteroatoms. The number of fused-ring (bicyclic) bond motifs is 1. The number of hydrogen-bond acceptors (Lipinski definition) is 7. The second-order valence-corrected chi connectivity index (χ2v) is 65.2. The van der Waals surface area contributed by atoms with E-state index in [0.717, 1.165) is 22.0 Å². The number of hydrogen-bond donors (Lipinski definition) is 2. The molecule has 1 aliphatic rings. The third kappa shape index (κ3) is 19.6. The van der Waals surface area contributed by atoms with Gasteiger partial charge in [0, 0.05) is 23.1 Å². The van der Waals surface area contributed by atoms with Gasteiger partial charge in [-0.3, -0.25) is 14.2 Å². The quantitative estimate of drug-likeness (QED) is 0.0727. The predicted molar refractivity (Wildman–Crippen MR) is 287 cm³/mol. The van der Waals surface area contributed by atoms with Gasteiger partial charge < -0.3 is 24.0 Å². The van der Waals surface area contributed by atoms with E-state index in [1.807, 2.05) is 6.92 Å². The smallest absolute Gasteiger partial charge is 0.355 e. The van der Waals surface area contributed by atoms with E-state index in [0.29, 0.717) is 23.6 Å². The van der Waals surface area contributed by atoms with Crippen molar-refractivity contribution in [2.24, 2.45) is 0 Å². The Morgan fingerprint density at radius 1 is 0.857 bits per heavy atom. The lowest BCUT2D eigenvalue weighted by molar-refractivity contribution is 0.0416. The maximum absolute atomic E-state index is 12.3. The van der Waals surface area contributed by atoms with Crippen LogP contribution in [0.25, 0.3) is 11.4 Å². The number of carbonyl (C=O) groups is 2. The Balaban J connectivity index is 0.000000746. The van der Waals surface area contributed by atoms with Gasteiger partial charge in [0.05, 0.1) is 30.6 Å². The number of esters is 1. The molecule has 8 unspecified atom stereocenters. The van der Waals surface area contributed by atoms with Crippen molar-refractivity contribution in [3.63, 3.8) is 0 Å². The zero-order valence-corrected chi connectivity index (χ0v) is 48.8. The van der Waals surface area contributed by atoms with E-state index in [4.69, 9.17) is 9.84 Å². The fraction of sp³-hybridized carbons (Fsp3) is 0.259. The lowest BCUT2D eigenvalue weighted by atomic mass is 10.2. The molecular weight excluding hydrogens is 1130 g/mol. The summed E-state index contributed by atoms with van der Waals surface area (Å²) in [6.07, 6.45) is 11.1. The number of carboxylic acid groups (broad SMARTS) is 1. The SMILES string of the molecule is BrCCBr.C#CC.Cc1cn(-c2ccc(C(=O)O)[nH]c2=O)cn1.Cc1cn(-c2ccc3n(c2=O)CCOC3=O)cn1.Cl.PP(P)P(P(P)P)P(P(P)P)P(P)P. The van der Waals surface area contributed by atoms with Gasteiger partial charge in [-0.15, -0.1) is 96.2 Å². The van der Waals surface area contributed by atoms with Crippen molar-refractivity contribution in [1.29, 1.82) is 0 Å². The molecule has 0 amide bonds. The van der Waals surface area contributed by atoms with Gasteiger partial charge in [-0.2, -0.15) is 0 Å². The summed E-state index contributed by atoms with van der Waals surface area (Å²) < 4.78 is 9.53. The molecule has 12 nitrogen and oxygen atoms in total. The van der Waals surface area contributed by atoms with Crippen molar-refractivity contribution in [3.05, 3.63) is 92.8 Å². The van der Waals surface area contributed by atoms with Crippen LogP contribution in [0.15, 0.2) is 58.9 Å². The molecule has 4 aromatic heterocycles. The summed E-state index contributed by atoms with van der Waals surface area (Å²) in [4.78, 5) is 56.3. The number of imidazole rings is 2. The van der Waals surface area contributed by atoms with Gasteiger partial charge in [0.1, 0.15) is 29.4 Å². The van der Waals surface area contributed by atoms with Crippen molar-refractivity contribution in [1.82, 2.24) is 28.7 Å². The Labute approximate surface area is 375 Å². The highest BCUT2D eigenvalue weighted by Crippen LogP contribution is 3.21. The number of halogens is 3. The Morgan fingerprint density at radius 2 is 1.29 bits per heavy atom. The predicted octanol–water partition coefficient (Wildman–Crippen LogP) is 11.7. The van der Waals surface area contributed by atoms with Crippen molar-refractivity contribution < 1.29 is 19.4 Å². The Hall–Kier alpha value is 2.09. The summed E-state index contributed by atoms with van der Waals surface area (Å²) in [7, 11) is 24.4. The molecule has 0 spiro atoms. The van der Waals surface area contributed by atoms with Crippen LogP contribution in [-0.2, 0) is 11.3 Å². The van der Waals surface area contributed by atoms with Crippen molar-refractivity contribution >= 4 is 170 Å². The largest absolute Gasteiger partial charge is 0.477 e. The average molecular weight is 1180 g/mol. The maximum atomic E-state index is 12.3. The van der Waals surface area contributed by atoms with Gasteiger partial charge in [-0.25, -0.2) is 19.6 Å². The van der Waals surface area contributed by atoms with E-state index in [1.54, 1.807) is 53.8 Å². The monoisotopic (exact) mass is 1180 g/mol. The Kier molecular flexibility index (Phi) is 32.2. The highest BCUT2D eigenvalue weighted by atomic mass is 79.9. The standard InChI is InChI=1S/C12H11N3O3.C10H9N3O3.C3H4.C2H4Br2.ClH.H16P14/c1-8-6-14(7-13-8)9-2-3-10-12(17)18-5-4-15(10)11(9)16;1-6-4-13(5-11-6)8-3-2-7(10(15)16)12-9(8)14;1-3-2;3-1-2-4;;1-9(2)13(10(3)4)14(11(5)6)12(7)8/h2-3,6-7H,4-5H2,1H3;2-5H,1H3,(H,12,14)(H,15,16);1H,2H3;1-2H2;1H;1-8H2. The molecule has 0 bridgehead atoms. The van der Waals surface area contributed by atoms with Crippen LogP contribution >= 0.6 is 158 Å². The number of nitrogens with one attached hydrogen (secondary N) is 1. The number of aromatic amines is 1. The van der Waals surface area contributed by atoms with Gasteiger partial charge in [-0.1, -0.05) is 31.9 Å². The molecule has 0 saturated carbocycles. The van der Waals surface area contributed by atoms with Gasteiger partial charge in [0.2, 0.25) is 0 Å². The minimum atomic E-state index is -1.16.